The number of hydrogen-bond donors (Lipinski definition) is 1. The Bertz CT molecular complexity index is 477. The highest BCUT2D eigenvalue weighted by Crippen LogP contribution is 2.27. The molecule has 0 aliphatic heterocycles. The molecule has 1 rings (SSSR count). The predicted octanol–water partition coefficient (Wildman–Crippen LogP) is 3.13. The Morgan fingerprint density at radius 1 is 1.38 bits per heavy atom. The fourth-order valence-electron chi connectivity index (χ4n) is 1.87. The zero-order chi connectivity index (χ0) is 16.0. The third kappa shape index (κ3) is 6.03. The number of carboxylic acids is 1. The summed E-state index contributed by atoms with van der Waals surface area (Å²) in [4.78, 5) is 12.6. The van der Waals surface area contributed by atoms with E-state index in [-0.39, 0.29) is 18.8 Å². The average molecular weight is 305 g/mol. The molecule has 7 heteroatoms. The molecule has 0 radical (unpaired) electrons. The first-order chi connectivity index (χ1) is 9.73. The van der Waals surface area contributed by atoms with Crippen LogP contribution in [0.15, 0.2) is 24.3 Å². The maximum Gasteiger partial charge on any atom is 0.573 e. The molecule has 0 amide bonds. The quantitative estimate of drug-likeness (QED) is 0.841. The molecule has 0 aromatic heterocycles. The van der Waals surface area contributed by atoms with Gasteiger partial charge >= 0.3 is 12.3 Å². The number of nitrogens with zero attached hydrogens (tertiary/aromatic N) is 1. The van der Waals surface area contributed by atoms with E-state index in [1.807, 2.05) is 6.92 Å². The Kier molecular flexibility index (Phi) is 6.02. The topological polar surface area (TPSA) is 49.8 Å². The summed E-state index contributed by atoms with van der Waals surface area (Å²) in [7, 11) is 0. The third-order valence-electron chi connectivity index (χ3n) is 2.99. The summed E-state index contributed by atoms with van der Waals surface area (Å²) in [6, 6.07) is 5.86. The van der Waals surface area contributed by atoms with Crippen molar-refractivity contribution in [2.45, 2.75) is 26.8 Å². The SMILES string of the molecule is CCN(Cc1ccccc1OC(F)(F)F)CC(C)C(=O)O. The Morgan fingerprint density at radius 2 is 2.00 bits per heavy atom. The Balaban J connectivity index is 2.82. The second-order valence-corrected chi connectivity index (χ2v) is 4.72. The van der Waals surface area contributed by atoms with Crippen LogP contribution in [-0.4, -0.2) is 35.4 Å². The van der Waals surface area contributed by atoms with Crippen LogP contribution in [0.1, 0.15) is 19.4 Å². The number of rotatable bonds is 7. The number of carboxylic acid groups (broad SMARTS) is 1. The van der Waals surface area contributed by atoms with Crippen molar-refractivity contribution < 1.29 is 27.8 Å². The van der Waals surface area contributed by atoms with Gasteiger partial charge in [-0.15, -0.1) is 13.2 Å². The predicted molar refractivity (Wildman–Crippen MR) is 70.9 cm³/mol. The highest BCUT2D eigenvalue weighted by Gasteiger charge is 2.32. The number of aliphatic carboxylic acids is 1. The summed E-state index contributed by atoms with van der Waals surface area (Å²) in [5, 5.41) is 8.90. The van der Waals surface area contributed by atoms with E-state index in [4.69, 9.17) is 5.11 Å². The van der Waals surface area contributed by atoms with Gasteiger partial charge in [0.05, 0.1) is 5.92 Å². The number of ether oxygens (including phenoxy) is 1. The van der Waals surface area contributed by atoms with E-state index in [2.05, 4.69) is 4.74 Å². The molecule has 1 aromatic carbocycles. The summed E-state index contributed by atoms with van der Waals surface area (Å²) >= 11 is 0. The summed E-state index contributed by atoms with van der Waals surface area (Å²) in [6.45, 7) is 4.36. The van der Waals surface area contributed by atoms with Crippen LogP contribution in [0, 0.1) is 5.92 Å². The first kappa shape index (κ1) is 17.3. The molecule has 0 aliphatic rings. The number of hydrogen-bond acceptors (Lipinski definition) is 3. The van der Waals surface area contributed by atoms with Gasteiger partial charge in [0.25, 0.3) is 0 Å². The molecule has 0 heterocycles. The van der Waals surface area contributed by atoms with Crippen LogP contribution in [0.4, 0.5) is 13.2 Å². The number of halogens is 3. The van der Waals surface area contributed by atoms with Crippen molar-refractivity contribution in [2.24, 2.45) is 5.92 Å². The highest BCUT2D eigenvalue weighted by atomic mass is 19.4. The van der Waals surface area contributed by atoms with Crippen LogP contribution >= 0.6 is 0 Å². The maximum atomic E-state index is 12.3. The van der Waals surface area contributed by atoms with E-state index in [9.17, 15) is 18.0 Å². The zero-order valence-electron chi connectivity index (χ0n) is 11.9. The van der Waals surface area contributed by atoms with Crippen LogP contribution in [0.5, 0.6) is 5.75 Å². The van der Waals surface area contributed by atoms with Gasteiger partial charge in [-0.25, -0.2) is 0 Å². The molecular weight excluding hydrogens is 287 g/mol. The van der Waals surface area contributed by atoms with E-state index < -0.39 is 18.2 Å². The number of para-hydroxylation sites is 1. The second-order valence-electron chi connectivity index (χ2n) is 4.72. The third-order valence-corrected chi connectivity index (χ3v) is 2.99. The normalized spacial score (nSPS) is 13.2. The Hall–Kier alpha value is -1.76. The lowest BCUT2D eigenvalue weighted by Crippen LogP contribution is -2.31. The maximum absolute atomic E-state index is 12.3. The van der Waals surface area contributed by atoms with Crippen LogP contribution in [0.25, 0.3) is 0 Å². The van der Waals surface area contributed by atoms with Crippen molar-refractivity contribution in [1.29, 1.82) is 0 Å². The van der Waals surface area contributed by atoms with Gasteiger partial charge in [0.15, 0.2) is 0 Å². The van der Waals surface area contributed by atoms with E-state index >= 15 is 0 Å². The van der Waals surface area contributed by atoms with Crippen LogP contribution in [0.2, 0.25) is 0 Å². The van der Waals surface area contributed by atoms with Gasteiger partial charge in [0.2, 0.25) is 0 Å². The molecule has 1 atom stereocenters. The Labute approximate surface area is 121 Å². The summed E-state index contributed by atoms with van der Waals surface area (Å²) < 4.78 is 41.0. The van der Waals surface area contributed by atoms with Gasteiger partial charge in [0.1, 0.15) is 5.75 Å². The van der Waals surface area contributed by atoms with Crippen LogP contribution in [0.3, 0.4) is 0 Å². The van der Waals surface area contributed by atoms with Crippen molar-refractivity contribution in [2.75, 3.05) is 13.1 Å². The van der Waals surface area contributed by atoms with E-state index in [0.717, 1.165) is 0 Å². The van der Waals surface area contributed by atoms with Gasteiger partial charge in [0, 0.05) is 18.7 Å². The molecule has 0 spiro atoms. The monoisotopic (exact) mass is 305 g/mol. The van der Waals surface area contributed by atoms with Gasteiger partial charge < -0.3 is 9.84 Å². The molecule has 0 saturated heterocycles. The summed E-state index contributed by atoms with van der Waals surface area (Å²) in [5.41, 5.74) is 0.370. The molecule has 1 unspecified atom stereocenters. The van der Waals surface area contributed by atoms with Crippen molar-refractivity contribution >= 4 is 5.97 Å². The fraction of sp³-hybridized carbons (Fsp3) is 0.500. The summed E-state index contributed by atoms with van der Waals surface area (Å²) in [6.07, 6.45) is -4.75. The number of carbonyl (C=O) groups is 1. The van der Waals surface area contributed by atoms with Crippen molar-refractivity contribution in [3.8, 4) is 5.75 Å². The minimum Gasteiger partial charge on any atom is -0.481 e. The average Bonchev–Trinajstić information content (AvgIpc) is 2.38. The van der Waals surface area contributed by atoms with E-state index in [0.29, 0.717) is 12.1 Å². The lowest BCUT2D eigenvalue weighted by Gasteiger charge is -2.23. The molecular formula is C14H18F3NO3. The van der Waals surface area contributed by atoms with Gasteiger partial charge in [-0.3, -0.25) is 9.69 Å². The van der Waals surface area contributed by atoms with Crippen molar-refractivity contribution in [1.82, 2.24) is 4.90 Å². The molecule has 0 aliphatic carbocycles. The Morgan fingerprint density at radius 3 is 2.52 bits per heavy atom. The first-order valence-corrected chi connectivity index (χ1v) is 6.51. The van der Waals surface area contributed by atoms with E-state index in [1.165, 1.54) is 18.2 Å². The molecule has 0 saturated carbocycles. The van der Waals surface area contributed by atoms with E-state index in [1.54, 1.807) is 17.9 Å². The number of alkyl halides is 3. The largest absolute Gasteiger partial charge is 0.573 e. The summed E-state index contributed by atoms with van der Waals surface area (Å²) in [5.74, 6) is -1.79. The first-order valence-electron chi connectivity index (χ1n) is 6.51. The second kappa shape index (κ2) is 7.31. The lowest BCUT2D eigenvalue weighted by atomic mass is 10.1. The van der Waals surface area contributed by atoms with Crippen LogP contribution in [-0.2, 0) is 11.3 Å². The molecule has 21 heavy (non-hydrogen) atoms. The molecule has 4 nitrogen and oxygen atoms in total. The molecule has 1 N–H and O–H groups in total. The standard InChI is InChI=1S/C14H18F3NO3/c1-3-18(8-10(2)13(19)20)9-11-6-4-5-7-12(11)21-14(15,16)17/h4-7,10H,3,8-9H2,1-2H3,(H,19,20). The van der Waals surface area contributed by atoms with Gasteiger partial charge in [-0.1, -0.05) is 32.0 Å². The smallest absolute Gasteiger partial charge is 0.481 e. The molecule has 118 valence electrons. The lowest BCUT2D eigenvalue weighted by molar-refractivity contribution is -0.275. The molecule has 1 aromatic rings. The minimum absolute atomic E-state index is 0.195. The number of benzene rings is 1. The molecule has 0 fully saturated rings. The molecule has 0 bridgehead atoms. The highest BCUT2D eigenvalue weighted by molar-refractivity contribution is 5.69. The van der Waals surface area contributed by atoms with Crippen molar-refractivity contribution in [3.63, 3.8) is 0 Å². The zero-order valence-corrected chi connectivity index (χ0v) is 11.9. The minimum atomic E-state index is -4.75. The van der Waals surface area contributed by atoms with Crippen LogP contribution < -0.4 is 4.74 Å². The van der Waals surface area contributed by atoms with Gasteiger partial charge in [-0.05, 0) is 12.6 Å². The van der Waals surface area contributed by atoms with Gasteiger partial charge in [-0.2, -0.15) is 0 Å². The fourth-order valence-corrected chi connectivity index (χ4v) is 1.87. The van der Waals surface area contributed by atoms with Crippen molar-refractivity contribution in [3.05, 3.63) is 29.8 Å².